The summed E-state index contributed by atoms with van der Waals surface area (Å²) >= 11 is 0. The fourth-order valence-electron chi connectivity index (χ4n) is 0.899. The maximum Gasteiger partial charge on any atom is 0.459 e. The molecule has 0 aliphatic rings. The van der Waals surface area contributed by atoms with E-state index in [0.29, 0.717) is 0 Å². The summed E-state index contributed by atoms with van der Waals surface area (Å²) in [5.74, 6) is -5.97. The van der Waals surface area contributed by atoms with E-state index in [2.05, 4.69) is 5.10 Å². The molecule has 0 aromatic heterocycles. The van der Waals surface area contributed by atoms with Crippen molar-refractivity contribution in [1.82, 2.24) is 5.43 Å². The zero-order valence-electron chi connectivity index (χ0n) is 8.71. The number of alkyl halides is 5. The molecular weight excluding hydrogens is 259 g/mol. The highest BCUT2D eigenvalue weighted by Gasteiger charge is 2.56. The van der Waals surface area contributed by atoms with Crippen LogP contribution in [0.25, 0.3) is 0 Å². The first kappa shape index (κ1) is 14.1. The Balaban J connectivity index is 2.64. The van der Waals surface area contributed by atoms with Crippen molar-refractivity contribution in [2.24, 2.45) is 5.10 Å². The number of halogens is 5. The molecule has 1 amide bonds. The SMILES string of the molecule is O=C(NN=CC(F)(F)C(F)(F)F)c1ccccc1. The van der Waals surface area contributed by atoms with Crippen LogP contribution in [0.2, 0.25) is 0 Å². The normalized spacial score (nSPS) is 12.7. The van der Waals surface area contributed by atoms with Crippen molar-refractivity contribution in [2.45, 2.75) is 12.1 Å². The van der Waals surface area contributed by atoms with Gasteiger partial charge in [-0.3, -0.25) is 4.79 Å². The Morgan fingerprint density at radius 3 is 2.17 bits per heavy atom. The zero-order valence-corrected chi connectivity index (χ0v) is 8.71. The molecule has 0 aliphatic carbocycles. The Morgan fingerprint density at radius 2 is 1.67 bits per heavy atom. The summed E-state index contributed by atoms with van der Waals surface area (Å²) < 4.78 is 59.9. The van der Waals surface area contributed by atoms with Gasteiger partial charge in [0.2, 0.25) is 0 Å². The molecule has 0 radical (unpaired) electrons. The third-order valence-electron chi connectivity index (χ3n) is 1.81. The minimum Gasteiger partial charge on any atom is -0.267 e. The van der Waals surface area contributed by atoms with Crippen LogP contribution in [0, 0.1) is 0 Å². The van der Waals surface area contributed by atoms with Crippen molar-refractivity contribution in [3.05, 3.63) is 35.9 Å². The molecule has 1 aromatic rings. The third kappa shape index (κ3) is 3.51. The predicted molar refractivity (Wildman–Crippen MR) is 53.4 cm³/mol. The number of carbonyl (C=O) groups is 1. The Morgan fingerprint density at radius 1 is 1.11 bits per heavy atom. The average Bonchev–Trinajstić information content (AvgIpc) is 2.28. The van der Waals surface area contributed by atoms with E-state index in [0.717, 1.165) is 0 Å². The van der Waals surface area contributed by atoms with Gasteiger partial charge in [0.05, 0.1) is 0 Å². The molecule has 0 spiro atoms. The minimum atomic E-state index is -5.74. The molecule has 1 N–H and O–H groups in total. The van der Waals surface area contributed by atoms with Crippen LogP contribution < -0.4 is 5.43 Å². The molecule has 8 heteroatoms. The van der Waals surface area contributed by atoms with Crippen molar-refractivity contribution in [2.75, 3.05) is 0 Å². The van der Waals surface area contributed by atoms with Crippen LogP contribution in [0.1, 0.15) is 10.4 Å². The van der Waals surface area contributed by atoms with E-state index in [9.17, 15) is 26.7 Å². The second-order valence-electron chi connectivity index (χ2n) is 3.19. The highest BCUT2D eigenvalue weighted by Crippen LogP contribution is 2.33. The predicted octanol–water partition coefficient (Wildman–Crippen LogP) is 2.60. The molecule has 1 aromatic carbocycles. The fourth-order valence-corrected chi connectivity index (χ4v) is 0.899. The first-order chi connectivity index (χ1) is 8.24. The van der Waals surface area contributed by atoms with Gasteiger partial charge >= 0.3 is 12.1 Å². The highest BCUT2D eigenvalue weighted by atomic mass is 19.4. The molecule has 0 atom stereocenters. The Hall–Kier alpha value is -1.99. The standard InChI is InChI=1S/C10H7F5N2O/c11-9(12,10(13,14)15)6-16-17-8(18)7-4-2-1-3-5-7/h1-6H,(H,17,18). The van der Waals surface area contributed by atoms with Crippen LogP contribution >= 0.6 is 0 Å². The summed E-state index contributed by atoms with van der Waals surface area (Å²) in [5.41, 5.74) is 1.67. The lowest BCUT2D eigenvalue weighted by Crippen LogP contribution is -2.38. The molecular formula is C10H7F5N2O. The van der Waals surface area contributed by atoms with Crippen molar-refractivity contribution >= 4 is 12.1 Å². The van der Waals surface area contributed by atoms with E-state index < -0.39 is 24.2 Å². The van der Waals surface area contributed by atoms with Crippen molar-refractivity contribution in [3.63, 3.8) is 0 Å². The van der Waals surface area contributed by atoms with E-state index in [1.54, 1.807) is 11.5 Å². The van der Waals surface area contributed by atoms with E-state index in [-0.39, 0.29) is 5.56 Å². The molecule has 0 fully saturated rings. The van der Waals surface area contributed by atoms with Crippen LogP contribution in [0.15, 0.2) is 35.4 Å². The van der Waals surface area contributed by atoms with Crippen molar-refractivity contribution in [1.29, 1.82) is 0 Å². The maximum atomic E-state index is 12.4. The average molecular weight is 266 g/mol. The van der Waals surface area contributed by atoms with E-state index >= 15 is 0 Å². The molecule has 0 heterocycles. The first-order valence-electron chi connectivity index (χ1n) is 4.58. The quantitative estimate of drug-likeness (QED) is 0.510. The largest absolute Gasteiger partial charge is 0.459 e. The van der Waals surface area contributed by atoms with Crippen LogP contribution in [0.3, 0.4) is 0 Å². The van der Waals surface area contributed by atoms with Gasteiger partial charge in [0.25, 0.3) is 5.91 Å². The van der Waals surface area contributed by atoms with Gasteiger partial charge < -0.3 is 0 Å². The molecule has 0 unspecified atom stereocenters. The Labute approximate surface area is 98.3 Å². The number of rotatable bonds is 3. The first-order valence-corrected chi connectivity index (χ1v) is 4.58. The Bertz CT molecular complexity index is 441. The van der Waals surface area contributed by atoms with Gasteiger partial charge in [0, 0.05) is 5.56 Å². The van der Waals surface area contributed by atoms with E-state index in [4.69, 9.17) is 0 Å². The molecule has 0 saturated heterocycles. The monoisotopic (exact) mass is 266 g/mol. The summed E-state index contributed by atoms with van der Waals surface area (Å²) in [7, 11) is 0. The number of hydrogen-bond acceptors (Lipinski definition) is 2. The van der Waals surface area contributed by atoms with Crippen LogP contribution in [-0.4, -0.2) is 24.2 Å². The summed E-state index contributed by atoms with van der Waals surface area (Å²) in [6, 6.07) is 7.32. The topological polar surface area (TPSA) is 41.5 Å². The second-order valence-corrected chi connectivity index (χ2v) is 3.19. The van der Waals surface area contributed by atoms with Crippen LogP contribution in [0.4, 0.5) is 22.0 Å². The molecule has 0 saturated carbocycles. The Kier molecular flexibility index (Phi) is 4.00. The molecule has 0 aliphatic heterocycles. The van der Waals surface area contributed by atoms with Crippen LogP contribution in [-0.2, 0) is 0 Å². The maximum absolute atomic E-state index is 12.4. The summed E-state index contributed by atoms with van der Waals surface area (Å²) in [5, 5.41) is 2.59. The lowest BCUT2D eigenvalue weighted by molar-refractivity contribution is -0.247. The number of amides is 1. The number of hydrogen-bond donors (Lipinski definition) is 1. The number of nitrogens with one attached hydrogen (secondary N) is 1. The van der Waals surface area contributed by atoms with Gasteiger partial charge in [-0.2, -0.15) is 27.1 Å². The summed E-state index contributed by atoms with van der Waals surface area (Å²) in [6.07, 6.45) is -6.40. The summed E-state index contributed by atoms with van der Waals surface area (Å²) in [4.78, 5) is 11.2. The van der Waals surface area contributed by atoms with Gasteiger partial charge in [-0.15, -0.1) is 0 Å². The van der Waals surface area contributed by atoms with Crippen LogP contribution in [0.5, 0.6) is 0 Å². The number of carbonyl (C=O) groups excluding carboxylic acids is 1. The zero-order chi connectivity index (χ0) is 13.8. The van der Waals surface area contributed by atoms with Gasteiger partial charge in [-0.25, -0.2) is 5.43 Å². The van der Waals surface area contributed by atoms with Gasteiger partial charge in [0.1, 0.15) is 6.21 Å². The molecule has 3 nitrogen and oxygen atoms in total. The van der Waals surface area contributed by atoms with E-state index in [1.165, 1.54) is 24.3 Å². The number of nitrogens with zero attached hydrogens (tertiary/aromatic N) is 1. The lowest BCUT2D eigenvalue weighted by Gasteiger charge is -2.14. The number of benzene rings is 1. The van der Waals surface area contributed by atoms with Gasteiger partial charge in [-0.05, 0) is 12.1 Å². The van der Waals surface area contributed by atoms with Crippen molar-refractivity contribution < 1.29 is 26.7 Å². The smallest absolute Gasteiger partial charge is 0.267 e. The van der Waals surface area contributed by atoms with Gasteiger partial charge in [-0.1, -0.05) is 18.2 Å². The lowest BCUT2D eigenvalue weighted by atomic mass is 10.2. The van der Waals surface area contributed by atoms with E-state index in [1.807, 2.05) is 0 Å². The number of hydrazone groups is 1. The molecule has 1 rings (SSSR count). The second kappa shape index (κ2) is 5.11. The molecule has 18 heavy (non-hydrogen) atoms. The highest BCUT2D eigenvalue weighted by molar-refractivity contribution is 5.94. The fraction of sp³-hybridized carbons (Fsp3) is 0.200. The summed E-state index contributed by atoms with van der Waals surface area (Å²) in [6.45, 7) is 0. The molecule has 98 valence electrons. The minimum absolute atomic E-state index is 0.0879. The third-order valence-corrected chi connectivity index (χ3v) is 1.81. The van der Waals surface area contributed by atoms with Gasteiger partial charge in [0.15, 0.2) is 0 Å². The molecule has 0 bridgehead atoms. The van der Waals surface area contributed by atoms with Crippen molar-refractivity contribution in [3.8, 4) is 0 Å².